The molecule has 0 radical (unpaired) electrons. The lowest BCUT2D eigenvalue weighted by molar-refractivity contribution is -0.384. The lowest BCUT2D eigenvalue weighted by atomic mass is 9.82. The Balaban J connectivity index is 0.00000124. The van der Waals surface area contributed by atoms with E-state index in [2.05, 4.69) is 16.7 Å². The van der Waals surface area contributed by atoms with E-state index >= 15 is 0 Å². The van der Waals surface area contributed by atoms with Crippen molar-refractivity contribution in [3.8, 4) is 0 Å². The van der Waals surface area contributed by atoms with E-state index in [9.17, 15) is 20.0 Å². The number of hydrogen-bond acceptors (Lipinski definition) is 5. The summed E-state index contributed by atoms with van der Waals surface area (Å²) in [6.07, 6.45) is 5.27. The molecule has 1 aromatic heterocycles. The Labute approximate surface area is 238 Å². The average Bonchev–Trinajstić information content (AvgIpc) is 3.34. The van der Waals surface area contributed by atoms with E-state index < -0.39 is 4.92 Å². The number of carbonyl (C=O) groups excluding carboxylic acids is 1. The van der Waals surface area contributed by atoms with Crippen molar-refractivity contribution in [3.05, 3.63) is 123 Å². The molecule has 5 rings (SSSR count). The van der Waals surface area contributed by atoms with Crippen molar-refractivity contribution < 1.29 is 24.7 Å². The zero-order valence-corrected chi connectivity index (χ0v) is 22.8. The number of fused-ring (bicyclic) bond motifs is 1. The molecule has 1 aliphatic carbocycles. The van der Waals surface area contributed by atoms with E-state index in [0.717, 1.165) is 41.3 Å². The van der Waals surface area contributed by atoms with Crippen molar-refractivity contribution in [1.82, 2.24) is 4.57 Å². The predicted molar refractivity (Wildman–Crippen MR) is 160 cm³/mol. The van der Waals surface area contributed by atoms with Gasteiger partial charge in [-0.1, -0.05) is 73.2 Å². The summed E-state index contributed by atoms with van der Waals surface area (Å²) in [7, 11) is 0. The summed E-state index contributed by atoms with van der Waals surface area (Å²) < 4.78 is 2.08. The fourth-order valence-electron chi connectivity index (χ4n) is 5.40. The zero-order chi connectivity index (χ0) is 29.4. The molecular weight excluding hydrogens is 520 g/mol. The van der Waals surface area contributed by atoms with Gasteiger partial charge in [-0.15, -0.1) is 0 Å². The highest BCUT2D eigenvalue weighted by molar-refractivity contribution is 6.17. The van der Waals surface area contributed by atoms with Gasteiger partial charge in [-0.25, -0.2) is 0 Å². The van der Waals surface area contributed by atoms with Crippen LogP contribution in [-0.4, -0.2) is 32.0 Å². The summed E-state index contributed by atoms with van der Waals surface area (Å²) in [5, 5.41) is 31.2. The minimum Gasteiger partial charge on any atom is -0.506 e. The van der Waals surface area contributed by atoms with Crippen LogP contribution in [0, 0.1) is 10.1 Å². The number of Topliss-reactive ketones (excluding diaryl/α,β-unsaturated/α-hetero) is 1. The summed E-state index contributed by atoms with van der Waals surface area (Å²) in [6.45, 7) is 2.39. The third-order valence-electron chi connectivity index (χ3n) is 7.26. The molecular formula is C33H32N2O6. The van der Waals surface area contributed by atoms with Crippen molar-refractivity contribution in [1.29, 1.82) is 0 Å². The molecule has 0 spiro atoms. The van der Waals surface area contributed by atoms with Gasteiger partial charge in [-0.3, -0.25) is 19.7 Å². The molecule has 3 aromatic carbocycles. The van der Waals surface area contributed by atoms with Gasteiger partial charge >= 0.3 is 0 Å². The molecule has 8 heteroatoms. The third kappa shape index (κ3) is 6.44. The highest BCUT2D eigenvalue weighted by Crippen LogP contribution is 2.40. The highest BCUT2D eigenvalue weighted by atomic mass is 16.6. The van der Waals surface area contributed by atoms with Gasteiger partial charge in [0.2, 0.25) is 0 Å². The summed E-state index contributed by atoms with van der Waals surface area (Å²) in [5.74, 6) is -0.220. The van der Waals surface area contributed by atoms with Crippen LogP contribution < -0.4 is 0 Å². The number of nitrogens with zero attached hydrogens (tertiary/aromatic N) is 2. The molecule has 0 unspecified atom stereocenters. The minimum absolute atomic E-state index is 0.0433. The van der Waals surface area contributed by atoms with Gasteiger partial charge < -0.3 is 14.8 Å². The number of ketones is 1. The quantitative estimate of drug-likeness (QED) is 0.0836. The Bertz CT molecular complexity index is 1630. The first kappa shape index (κ1) is 29.0. The van der Waals surface area contributed by atoms with Crippen molar-refractivity contribution in [3.63, 3.8) is 0 Å². The van der Waals surface area contributed by atoms with E-state index in [1.54, 1.807) is 12.1 Å². The first-order valence-corrected chi connectivity index (χ1v) is 13.5. The second-order valence-electron chi connectivity index (χ2n) is 9.77. The van der Waals surface area contributed by atoms with E-state index in [1.165, 1.54) is 12.1 Å². The molecule has 0 amide bonds. The molecule has 8 nitrogen and oxygen atoms in total. The number of aliphatic hydroxyl groups excluding tert-OH is 1. The number of hydrogen-bond donors (Lipinski definition) is 2. The van der Waals surface area contributed by atoms with E-state index in [-0.39, 0.29) is 29.3 Å². The lowest BCUT2D eigenvalue weighted by Gasteiger charge is -2.21. The largest absolute Gasteiger partial charge is 0.506 e. The van der Waals surface area contributed by atoms with Crippen LogP contribution >= 0.6 is 0 Å². The molecule has 1 aliphatic rings. The predicted octanol–water partition coefficient (Wildman–Crippen LogP) is 7.57. The Kier molecular flexibility index (Phi) is 9.47. The topological polar surface area (TPSA) is 123 Å². The number of aromatic nitrogens is 1. The standard InChI is InChI=1S/C32H30N2O4.CH2O2/c1-2-23-13-6-9-18-29(35)31(30(23)24-14-10-15-25(19-24)34(37)38)32(36)27-21-33(20-22-11-4-3-5-12-22)28-17-8-7-16-26(27)28;2-1-3/h3-5,7-8,10-12,14-17,19,21,36H,2,6,9,13,18,20H2,1H3;1H,(H,2,3). The number of allylic oxidation sites excluding steroid dienone is 3. The van der Waals surface area contributed by atoms with Gasteiger partial charge in [-0.05, 0) is 48.4 Å². The van der Waals surface area contributed by atoms with E-state index in [0.29, 0.717) is 36.1 Å². The second kappa shape index (κ2) is 13.4. The van der Waals surface area contributed by atoms with E-state index in [1.807, 2.05) is 55.6 Å². The maximum atomic E-state index is 13.7. The lowest BCUT2D eigenvalue weighted by Crippen LogP contribution is -2.12. The molecule has 0 bridgehead atoms. The van der Waals surface area contributed by atoms with Gasteiger partial charge in [0.1, 0.15) is 5.76 Å². The molecule has 210 valence electrons. The van der Waals surface area contributed by atoms with E-state index in [4.69, 9.17) is 9.90 Å². The van der Waals surface area contributed by atoms with Crippen LogP contribution in [0.4, 0.5) is 5.69 Å². The second-order valence-corrected chi connectivity index (χ2v) is 9.77. The number of carboxylic acid groups (broad SMARTS) is 1. The van der Waals surface area contributed by atoms with Gasteiger partial charge in [-0.2, -0.15) is 0 Å². The van der Waals surface area contributed by atoms with Crippen LogP contribution in [0.5, 0.6) is 0 Å². The van der Waals surface area contributed by atoms with Crippen molar-refractivity contribution in [2.75, 3.05) is 0 Å². The number of para-hydroxylation sites is 1. The van der Waals surface area contributed by atoms with Crippen LogP contribution in [0.25, 0.3) is 22.2 Å². The minimum atomic E-state index is -0.430. The molecule has 0 saturated heterocycles. The van der Waals surface area contributed by atoms with Crippen molar-refractivity contribution in [2.45, 2.75) is 45.6 Å². The van der Waals surface area contributed by atoms with Crippen molar-refractivity contribution >= 4 is 40.2 Å². The first-order chi connectivity index (χ1) is 19.9. The molecule has 0 atom stereocenters. The number of aliphatic hydroxyl groups is 1. The summed E-state index contributed by atoms with van der Waals surface area (Å²) in [5.41, 5.74) is 5.10. The third-order valence-corrected chi connectivity index (χ3v) is 7.26. The molecule has 4 aromatic rings. The monoisotopic (exact) mass is 552 g/mol. The summed E-state index contributed by atoms with van der Waals surface area (Å²) >= 11 is 0. The molecule has 0 aliphatic heterocycles. The number of rotatable bonds is 6. The van der Waals surface area contributed by atoms with Crippen LogP contribution in [-0.2, 0) is 16.1 Å². The maximum absolute atomic E-state index is 13.7. The summed E-state index contributed by atoms with van der Waals surface area (Å²) in [6, 6.07) is 24.3. The number of nitro benzene ring substituents is 1. The Hall–Kier alpha value is -4.98. The number of benzene rings is 3. The number of non-ortho nitro benzene ring substituents is 1. The molecule has 0 fully saturated rings. The van der Waals surface area contributed by atoms with Crippen LogP contribution in [0.15, 0.2) is 96.2 Å². The molecule has 2 N–H and O–H groups in total. The molecule has 41 heavy (non-hydrogen) atoms. The Morgan fingerprint density at radius 1 is 1.00 bits per heavy atom. The average molecular weight is 553 g/mol. The fraction of sp³-hybridized carbons (Fsp3) is 0.212. The zero-order valence-electron chi connectivity index (χ0n) is 22.8. The van der Waals surface area contributed by atoms with Crippen LogP contribution in [0.3, 0.4) is 0 Å². The maximum Gasteiger partial charge on any atom is 0.290 e. The van der Waals surface area contributed by atoms with Gasteiger partial charge in [0.05, 0.1) is 10.5 Å². The van der Waals surface area contributed by atoms with Gasteiger partial charge in [0, 0.05) is 47.8 Å². The highest BCUT2D eigenvalue weighted by Gasteiger charge is 2.28. The van der Waals surface area contributed by atoms with Crippen molar-refractivity contribution in [2.24, 2.45) is 0 Å². The fourth-order valence-corrected chi connectivity index (χ4v) is 5.40. The Morgan fingerprint density at radius 2 is 1.68 bits per heavy atom. The Morgan fingerprint density at radius 3 is 2.39 bits per heavy atom. The smallest absolute Gasteiger partial charge is 0.290 e. The normalized spacial score (nSPS) is 15.0. The number of carbonyl (C=O) groups is 2. The SMILES string of the molecule is CCC1=C(c2cccc([N+](=O)[O-])c2)C(=C(O)c2cn(Cc3ccccc3)c3ccccc23)C(=O)CCCC1.O=CO. The summed E-state index contributed by atoms with van der Waals surface area (Å²) in [4.78, 5) is 33.2. The van der Waals surface area contributed by atoms with Crippen LogP contribution in [0.2, 0.25) is 0 Å². The molecule has 0 saturated carbocycles. The van der Waals surface area contributed by atoms with Gasteiger partial charge in [0.25, 0.3) is 12.2 Å². The van der Waals surface area contributed by atoms with Crippen LogP contribution in [0.1, 0.15) is 55.7 Å². The molecule has 1 heterocycles. The first-order valence-electron chi connectivity index (χ1n) is 13.5. The number of nitro groups is 1. The van der Waals surface area contributed by atoms with Gasteiger partial charge in [0.15, 0.2) is 5.78 Å².